The molecule has 0 radical (unpaired) electrons. The van der Waals surface area contributed by atoms with Gasteiger partial charge in [0.15, 0.2) is 5.70 Å². The second kappa shape index (κ2) is 4.70. The molecule has 23 heavy (non-hydrogen) atoms. The summed E-state index contributed by atoms with van der Waals surface area (Å²) in [6.45, 7) is -4.06. The highest BCUT2D eigenvalue weighted by Gasteiger charge is 2.51. The molecule has 0 saturated carbocycles. The number of rotatable bonds is 1. The molecule has 0 spiro atoms. The summed E-state index contributed by atoms with van der Waals surface area (Å²) in [7, 11) is 0. The number of nitrogens with zero attached hydrogens (tertiary/aromatic N) is 2. The fraction of sp³-hybridized carbons (Fsp3) is 0. The summed E-state index contributed by atoms with van der Waals surface area (Å²) in [6.07, 6.45) is 5.42. The van der Waals surface area contributed by atoms with E-state index in [0.29, 0.717) is 0 Å². The first-order valence-corrected chi connectivity index (χ1v) is 7.59. The fourth-order valence-corrected chi connectivity index (χ4v) is 3.46. The first-order chi connectivity index (χ1) is 10.9. The summed E-state index contributed by atoms with van der Waals surface area (Å²) < 4.78 is 59.0. The summed E-state index contributed by atoms with van der Waals surface area (Å²) in [5.41, 5.74) is 0.462. The highest BCUT2D eigenvalue weighted by Crippen LogP contribution is 2.40. The van der Waals surface area contributed by atoms with Crippen LogP contribution in [-0.4, -0.2) is 22.1 Å². The molecule has 0 N–H and O–H groups in total. The van der Waals surface area contributed by atoms with Crippen LogP contribution >= 0.6 is 15.9 Å². The summed E-state index contributed by atoms with van der Waals surface area (Å²) >= 11 is 2.96. The van der Waals surface area contributed by atoms with Crippen molar-refractivity contribution in [3.8, 4) is 0 Å². The van der Waals surface area contributed by atoms with Crippen molar-refractivity contribution < 1.29 is 21.9 Å². The molecule has 2 aliphatic heterocycles. The average molecular weight is 383 g/mol. The van der Waals surface area contributed by atoms with Crippen LogP contribution in [-0.2, 0) is 0 Å². The maximum atomic E-state index is 14.6. The molecule has 2 aromatic rings. The van der Waals surface area contributed by atoms with Crippen LogP contribution in [0.25, 0.3) is 5.57 Å². The van der Waals surface area contributed by atoms with Gasteiger partial charge in [0.25, 0.3) is 0 Å². The van der Waals surface area contributed by atoms with Crippen molar-refractivity contribution in [3.05, 3.63) is 75.7 Å². The van der Waals surface area contributed by atoms with Crippen molar-refractivity contribution in [2.75, 3.05) is 0 Å². The molecule has 116 valence electrons. The third-order valence-electron chi connectivity index (χ3n) is 4.00. The van der Waals surface area contributed by atoms with Crippen LogP contribution in [0.4, 0.5) is 17.4 Å². The Hall–Kier alpha value is -2.09. The Kier molecular flexibility index (Phi) is 2.97. The van der Waals surface area contributed by atoms with Crippen LogP contribution in [0, 0.1) is 11.6 Å². The van der Waals surface area contributed by atoms with E-state index < -0.39 is 18.6 Å². The van der Waals surface area contributed by atoms with Gasteiger partial charge >= 0.3 is 6.97 Å². The lowest BCUT2D eigenvalue weighted by atomic mass is 9.86. The fourth-order valence-electron chi connectivity index (χ4n) is 3.03. The molecule has 0 aliphatic carbocycles. The van der Waals surface area contributed by atoms with Crippen LogP contribution in [0.2, 0.25) is 0 Å². The van der Waals surface area contributed by atoms with Gasteiger partial charge in [0, 0.05) is 23.4 Å². The zero-order chi connectivity index (χ0) is 16.4. The van der Waals surface area contributed by atoms with Crippen molar-refractivity contribution >= 4 is 34.7 Å². The molecular weight excluding hydrogens is 375 g/mol. The number of halogens is 5. The lowest BCUT2D eigenvalue weighted by molar-refractivity contribution is -0.356. The van der Waals surface area contributed by atoms with Gasteiger partial charge in [-0.2, -0.15) is 0 Å². The van der Waals surface area contributed by atoms with E-state index in [0.717, 1.165) is 21.1 Å². The molecule has 2 nitrogen and oxygen atoms in total. The Morgan fingerprint density at radius 1 is 1.17 bits per heavy atom. The summed E-state index contributed by atoms with van der Waals surface area (Å²) in [5.74, 6) is -1.35. The van der Waals surface area contributed by atoms with Crippen molar-refractivity contribution in [1.82, 2.24) is 4.48 Å². The van der Waals surface area contributed by atoms with E-state index in [-0.39, 0.29) is 27.0 Å². The normalized spacial score (nSPS) is 18.0. The monoisotopic (exact) mass is 382 g/mol. The molecule has 0 saturated heterocycles. The molecule has 3 heterocycles. The van der Waals surface area contributed by atoms with Crippen LogP contribution in [0.1, 0.15) is 11.3 Å². The second-order valence-corrected chi connectivity index (χ2v) is 6.17. The standard InChI is InChI=1S/C15H8BBrF4N2/c17-11-8-9(18)7-10(15(11)19)14-12-3-1-5-22(12)16(20,21)23-6-2-4-13(14)23/h1-8H. The Morgan fingerprint density at radius 2 is 1.96 bits per heavy atom. The van der Waals surface area contributed by atoms with Crippen molar-refractivity contribution in [2.45, 2.75) is 0 Å². The van der Waals surface area contributed by atoms with E-state index in [9.17, 15) is 17.4 Å². The van der Waals surface area contributed by atoms with Crippen LogP contribution in [0.15, 0.2) is 52.8 Å². The van der Waals surface area contributed by atoms with Crippen LogP contribution < -0.4 is 0 Å². The molecule has 0 amide bonds. The van der Waals surface area contributed by atoms with Crippen molar-refractivity contribution in [2.24, 2.45) is 0 Å². The minimum Gasteiger partial charge on any atom is -0.396 e. The molecule has 2 aliphatic rings. The largest absolute Gasteiger partial charge is 0.737 e. The predicted molar refractivity (Wildman–Crippen MR) is 83.3 cm³/mol. The first kappa shape index (κ1) is 14.5. The van der Waals surface area contributed by atoms with Gasteiger partial charge in [-0.15, -0.1) is 0 Å². The predicted octanol–water partition coefficient (Wildman–Crippen LogP) is 4.18. The van der Waals surface area contributed by atoms with E-state index in [1.54, 1.807) is 0 Å². The van der Waals surface area contributed by atoms with E-state index in [2.05, 4.69) is 15.9 Å². The Bertz CT molecular complexity index is 943. The van der Waals surface area contributed by atoms with E-state index >= 15 is 0 Å². The molecule has 0 fully saturated rings. The zero-order valence-corrected chi connectivity index (χ0v) is 13.1. The Balaban J connectivity index is 2.10. The SMILES string of the molecule is Fc1cc(Br)c(F)c(C2=C3C=CC=[N+]3[B-](F)(F)n3cccc32)c1. The number of allylic oxidation sites excluding steroid dienone is 2. The minimum absolute atomic E-state index is 0.0564. The van der Waals surface area contributed by atoms with Crippen molar-refractivity contribution in [3.63, 3.8) is 0 Å². The second-order valence-electron chi connectivity index (χ2n) is 5.31. The van der Waals surface area contributed by atoms with Crippen LogP contribution in [0.5, 0.6) is 0 Å². The number of fused-ring (bicyclic) bond motifs is 2. The molecule has 0 atom stereocenters. The summed E-state index contributed by atoms with van der Waals surface area (Å²) in [6, 6.07) is 4.95. The maximum Gasteiger partial charge on any atom is 0.737 e. The molecular formula is C15H8BBrF4N2. The smallest absolute Gasteiger partial charge is 0.396 e. The summed E-state index contributed by atoms with van der Waals surface area (Å²) in [5, 5.41) is 0. The third kappa shape index (κ3) is 1.91. The molecule has 0 bridgehead atoms. The highest BCUT2D eigenvalue weighted by molar-refractivity contribution is 9.10. The molecule has 1 aromatic carbocycles. The van der Waals surface area contributed by atoms with Crippen LogP contribution in [0.3, 0.4) is 0 Å². The topological polar surface area (TPSA) is 7.94 Å². The number of benzene rings is 1. The Morgan fingerprint density at radius 3 is 2.74 bits per heavy atom. The minimum atomic E-state index is -4.06. The van der Waals surface area contributed by atoms with E-state index in [1.807, 2.05) is 0 Å². The van der Waals surface area contributed by atoms with Gasteiger partial charge in [0.05, 0.1) is 10.0 Å². The Labute approximate surface area is 137 Å². The number of hydrogen-bond acceptors (Lipinski definition) is 0. The highest BCUT2D eigenvalue weighted by atomic mass is 79.9. The van der Waals surface area contributed by atoms with Gasteiger partial charge in [0.2, 0.25) is 0 Å². The maximum absolute atomic E-state index is 14.6. The van der Waals surface area contributed by atoms with Gasteiger partial charge in [-0.25, -0.2) is 8.78 Å². The van der Waals surface area contributed by atoms with Gasteiger partial charge in [-0.3, -0.25) is 0 Å². The average Bonchev–Trinajstić information content (AvgIpc) is 3.13. The number of aromatic nitrogens is 1. The summed E-state index contributed by atoms with van der Waals surface area (Å²) in [4.78, 5) is 0. The quantitative estimate of drug-likeness (QED) is 0.397. The first-order valence-electron chi connectivity index (χ1n) is 6.80. The van der Waals surface area contributed by atoms with Crippen molar-refractivity contribution in [1.29, 1.82) is 0 Å². The van der Waals surface area contributed by atoms with E-state index in [1.165, 1.54) is 36.7 Å². The van der Waals surface area contributed by atoms with Gasteiger partial charge in [0.1, 0.15) is 17.8 Å². The lowest BCUT2D eigenvalue weighted by Crippen LogP contribution is -2.49. The number of hydrogen-bond donors (Lipinski definition) is 0. The zero-order valence-electron chi connectivity index (χ0n) is 11.5. The van der Waals surface area contributed by atoms with Gasteiger partial charge in [-0.05, 0) is 46.4 Å². The third-order valence-corrected chi connectivity index (χ3v) is 4.58. The molecule has 0 unspecified atom stereocenters. The molecule has 4 rings (SSSR count). The van der Waals surface area contributed by atoms with Gasteiger partial charge < -0.3 is 17.6 Å². The molecule has 1 aromatic heterocycles. The van der Waals surface area contributed by atoms with Gasteiger partial charge in [-0.1, -0.05) is 0 Å². The van der Waals surface area contributed by atoms with E-state index in [4.69, 9.17) is 0 Å². The lowest BCUT2D eigenvalue weighted by Gasteiger charge is -2.31. The molecule has 8 heteroatoms.